The van der Waals surface area contributed by atoms with Gasteiger partial charge >= 0.3 is 0 Å². The molecule has 1 atom stereocenters. The number of aromatic amines is 1. The first-order valence-electron chi connectivity index (χ1n) is 9.22. The Labute approximate surface area is 164 Å². The van der Waals surface area contributed by atoms with Crippen LogP contribution in [0.25, 0.3) is 10.9 Å². The molecule has 3 aromatic rings. The van der Waals surface area contributed by atoms with Gasteiger partial charge in [-0.15, -0.1) is 0 Å². The summed E-state index contributed by atoms with van der Waals surface area (Å²) in [5.74, 6) is 1.05. The Hall–Kier alpha value is -2.99. The molecule has 6 nitrogen and oxygen atoms in total. The monoisotopic (exact) mass is 382 g/mol. The van der Waals surface area contributed by atoms with Gasteiger partial charge in [0.05, 0.1) is 20.8 Å². The summed E-state index contributed by atoms with van der Waals surface area (Å²) in [5.41, 5.74) is 2.99. The molecule has 1 heterocycles. The van der Waals surface area contributed by atoms with E-state index in [2.05, 4.69) is 16.4 Å². The van der Waals surface area contributed by atoms with E-state index in [9.17, 15) is 4.79 Å². The number of carbonyl (C=O) groups excluding carboxylic acids is 1. The third-order valence-electron chi connectivity index (χ3n) is 4.82. The van der Waals surface area contributed by atoms with Gasteiger partial charge in [0.1, 0.15) is 0 Å². The largest absolute Gasteiger partial charge is 0.493 e. The van der Waals surface area contributed by atoms with E-state index < -0.39 is 0 Å². The van der Waals surface area contributed by atoms with Gasteiger partial charge in [-0.3, -0.25) is 4.79 Å². The van der Waals surface area contributed by atoms with E-state index in [4.69, 9.17) is 14.2 Å². The molecule has 1 amide bonds. The minimum atomic E-state index is -0.191. The smallest absolute Gasteiger partial charge is 0.221 e. The second-order valence-electron chi connectivity index (χ2n) is 6.47. The van der Waals surface area contributed by atoms with Gasteiger partial charge in [-0.1, -0.05) is 30.3 Å². The summed E-state index contributed by atoms with van der Waals surface area (Å²) in [6, 6.07) is 13.8. The molecule has 1 aromatic heterocycles. The lowest BCUT2D eigenvalue weighted by Gasteiger charge is -2.21. The number of nitrogens with one attached hydrogen (secondary N) is 2. The van der Waals surface area contributed by atoms with Gasteiger partial charge in [-0.25, -0.2) is 0 Å². The molecule has 0 aliphatic carbocycles. The van der Waals surface area contributed by atoms with Gasteiger partial charge < -0.3 is 24.5 Å². The third-order valence-corrected chi connectivity index (χ3v) is 4.82. The Morgan fingerprint density at radius 1 is 1.04 bits per heavy atom. The Morgan fingerprint density at radius 3 is 2.61 bits per heavy atom. The molecular weight excluding hydrogens is 356 g/mol. The van der Waals surface area contributed by atoms with Gasteiger partial charge in [0, 0.05) is 48.7 Å². The van der Waals surface area contributed by atoms with E-state index in [1.165, 1.54) is 0 Å². The lowest BCUT2D eigenvalue weighted by molar-refractivity contribution is -0.121. The number of para-hydroxylation sites is 2. The number of fused-ring (bicyclic) bond motifs is 1. The molecule has 2 aromatic carbocycles. The molecule has 0 aliphatic rings. The number of hydrogen-bond donors (Lipinski definition) is 2. The quantitative estimate of drug-likeness (QED) is 0.556. The van der Waals surface area contributed by atoms with Crippen molar-refractivity contribution in [3.05, 3.63) is 59.8 Å². The second-order valence-corrected chi connectivity index (χ2v) is 6.47. The summed E-state index contributed by atoms with van der Waals surface area (Å²) in [6.45, 7) is 0.956. The van der Waals surface area contributed by atoms with Crippen molar-refractivity contribution in [3.8, 4) is 11.5 Å². The van der Waals surface area contributed by atoms with Gasteiger partial charge in [-0.05, 0) is 17.7 Å². The van der Waals surface area contributed by atoms with Crippen LogP contribution in [0.1, 0.15) is 23.5 Å². The van der Waals surface area contributed by atoms with Crippen molar-refractivity contribution < 1.29 is 19.0 Å². The molecule has 0 spiro atoms. The van der Waals surface area contributed by atoms with E-state index in [1.807, 2.05) is 42.6 Å². The van der Waals surface area contributed by atoms with Crippen LogP contribution >= 0.6 is 0 Å². The summed E-state index contributed by atoms with van der Waals surface area (Å²) < 4.78 is 16.1. The van der Waals surface area contributed by atoms with Crippen LogP contribution in [-0.2, 0) is 9.53 Å². The average Bonchev–Trinajstić information content (AvgIpc) is 3.15. The fraction of sp³-hybridized carbons (Fsp3) is 0.318. The molecule has 0 saturated carbocycles. The van der Waals surface area contributed by atoms with Gasteiger partial charge in [0.2, 0.25) is 5.91 Å². The number of benzene rings is 2. The number of carbonyl (C=O) groups is 1. The van der Waals surface area contributed by atoms with E-state index >= 15 is 0 Å². The predicted molar refractivity (Wildman–Crippen MR) is 109 cm³/mol. The molecule has 2 N–H and O–H groups in total. The molecule has 0 bridgehead atoms. The summed E-state index contributed by atoms with van der Waals surface area (Å²) in [7, 11) is 4.84. The van der Waals surface area contributed by atoms with Crippen LogP contribution in [0.3, 0.4) is 0 Å². The molecule has 28 heavy (non-hydrogen) atoms. The first-order valence-corrected chi connectivity index (χ1v) is 9.22. The van der Waals surface area contributed by atoms with E-state index in [1.54, 1.807) is 21.3 Å². The Bertz CT molecular complexity index is 935. The zero-order valence-electron chi connectivity index (χ0n) is 16.5. The average molecular weight is 382 g/mol. The van der Waals surface area contributed by atoms with Crippen molar-refractivity contribution in [2.45, 2.75) is 12.3 Å². The number of methoxy groups -OCH3 is 3. The van der Waals surface area contributed by atoms with Crippen molar-refractivity contribution in [1.82, 2.24) is 10.3 Å². The Kier molecular flexibility index (Phi) is 6.55. The molecule has 148 valence electrons. The predicted octanol–water partition coefficient (Wildman–Crippen LogP) is 3.47. The highest BCUT2D eigenvalue weighted by Gasteiger charge is 2.25. The van der Waals surface area contributed by atoms with Crippen LogP contribution in [0.4, 0.5) is 0 Å². The fourth-order valence-electron chi connectivity index (χ4n) is 3.51. The molecule has 0 saturated heterocycles. The summed E-state index contributed by atoms with van der Waals surface area (Å²) in [5, 5.41) is 4.00. The number of rotatable bonds is 9. The van der Waals surface area contributed by atoms with Crippen molar-refractivity contribution >= 4 is 16.8 Å². The van der Waals surface area contributed by atoms with Crippen LogP contribution in [0.15, 0.2) is 48.7 Å². The Morgan fingerprint density at radius 2 is 1.86 bits per heavy atom. The van der Waals surface area contributed by atoms with Gasteiger partial charge in [0.15, 0.2) is 11.5 Å². The third kappa shape index (κ3) is 4.12. The van der Waals surface area contributed by atoms with Crippen molar-refractivity contribution in [1.29, 1.82) is 0 Å². The fourth-order valence-corrected chi connectivity index (χ4v) is 3.51. The molecule has 0 fully saturated rings. The minimum Gasteiger partial charge on any atom is -0.493 e. The van der Waals surface area contributed by atoms with Crippen LogP contribution in [0.2, 0.25) is 0 Å². The van der Waals surface area contributed by atoms with Crippen molar-refractivity contribution in [2.24, 2.45) is 0 Å². The number of hydrogen-bond acceptors (Lipinski definition) is 4. The normalized spacial score (nSPS) is 12.0. The molecular formula is C22H26N2O4. The summed E-state index contributed by atoms with van der Waals surface area (Å²) >= 11 is 0. The summed E-state index contributed by atoms with van der Waals surface area (Å²) in [6.07, 6.45) is 2.26. The zero-order chi connectivity index (χ0) is 19.9. The number of amides is 1. The van der Waals surface area contributed by atoms with E-state index in [-0.39, 0.29) is 18.2 Å². The number of ether oxygens (including phenoxy) is 3. The highest BCUT2D eigenvalue weighted by Crippen LogP contribution is 2.41. The van der Waals surface area contributed by atoms with Crippen LogP contribution in [0.5, 0.6) is 11.5 Å². The minimum absolute atomic E-state index is 0.0443. The first-order chi connectivity index (χ1) is 13.7. The van der Waals surface area contributed by atoms with Gasteiger partial charge in [-0.2, -0.15) is 0 Å². The Balaban J connectivity index is 2.04. The van der Waals surface area contributed by atoms with Crippen LogP contribution in [-0.4, -0.2) is 45.4 Å². The number of aromatic nitrogens is 1. The highest BCUT2D eigenvalue weighted by atomic mass is 16.5. The molecule has 3 rings (SSSR count). The SMILES string of the molecule is COCCNC(=O)C[C@H](c1cccc(OC)c1OC)c1c[nH]c2ccccc12. The first kappa shape index (κ1) is 19.8. The second kappa shape index (κ2) is 9.28. The molecule has 0 radical (unpaired) electrons. The molecule has 0 aliphatic heterocycles. The van der Waals surface area contributed by atoms with Crippen molar-refractivity contribution in [2.75, 3.05) is 34.5 Å². The zero-order valence-corrected chi connectivity index (χ0v) is 16.5. The van der Waals surface area contributed by atoms with Crippen LogP contribution in [0, 0.1) is 0 Å². The van der Waals surface area contributed by atoms with Crippen LogP contribution < -0.4 is 14.8 Å². The maximum Gasteiger partial charge on any atom is 0.221 e. The maximum atomic E-state index is 12.6. The van der Waals surface area contributed by atoms with E-state index in [0.717, 1.165) is 22.0 Å². The maximum absolute atomic E-state index is 12.6. The summed E-state index contributed by atoms with van der Waals surface area (Å²) in [4.78, 5) is 15.9. The van der Waals surface area contributed by atoms with E-state index in [0.29, 0.717) is 24.7 Å². The topological polar surface area (TPSA) is 72.6 Å². The number of H-pyrrole nitrogens is 1. The van der Waals surface area contributed by atoms with Gasteiger partial charge in [0.25, 0.3) is 0 Å². The lowest BCUT2D eigenvalue weighted by atomic mass is 9.87. The lowest BCUT2D eigenvalue weighted by Crippen LogP contribution is -2.28. The molecule has 0 unspecified atom stereocenters. The molecule has 6 heteroatoms. The highest BCUT2D eigenvalue weighted by molar-refractivity contribution is 5.86. The van der Waals surface area contributed by atoms with Crippen molar-refractivity contribution in [3.63, 3.8) is 0 Å². The standard InChI is InChI=1S/C22H26N2O4/c1-26-12-11-23-21(25)13-17(16-8-6-10-20(27-2)22(16)28-3)18-14-24-19-9-5-4-7-15(18)19/h4-10,14,17,24H,11-13H2,1-3H3,(H,23,25)/t17-/m1/s1.